The Balaban J connectivity index is 0.00000281. The standard InChI is InChI=1S/C22H34N8OS.C2H6/c1-7-18(28-25-8-2)26-22-27-20(15-19(23-3)30(22)6)32-17-11-9-16(10-12-17)21(31)24-13-14-29(4)5;1-2/h9-12,15,25H,7-8,13-14H2,1-6H3,(H,24,31)(H,26,27,28);1-2H3. The first kappa shape index (κ1) is 29.3. The average molecular weight is 489 g/mol. The smallest absolute Gasteiger partial charge is 0.251 e. The lowest BCUT2D eigenvalue weighted by molar-refractivity contribution is 0.0951. The van der Waals surface area contributed by atoms with E-state index in [4.69, 9.17) is 4.98 Å². The van der Waals surface area contributed by atoms with Crippen molar-refractivity contribution < 1.29 is 4.79 Å². The first-order valence-corrected chi connectivity index (χ1v) is 12.5. The molecule has 0 saturated carbocycles. The molecule has 1 heterocycles. The van der Waals surface area contributed by atoms with Gasteiger partial charge in [0.05, 0.1) is 0 Å². The summed E-state index contributed by atoms with van der Waals surface area (Å²) in [4.78, 5) is 29.0. The molecule has 0 aliphatic heterocycles. The molecule has 188 valence electrons. The summed E-state index contributed by atoms with van der Waals surface area (Å²) >= 11 is 1.51. The number of rotatable bonds is 10. The molecule has 1 aromatic heterocycles. The number of aromatic nitrogens is 2. The summed E-state index contributed by atoms with van der Waals surface area (Å²) in [7, 11) is 7.60. The van der Waals surface area contributed by atoms with E-state index in [1.807, 2.05) is 88.6 Å². The van der Waals surface area contributed by atoms with E-state index in [1.54, 1.807) is 7.05 Å². The van der Waals surface area contributed by atoms with E-state index in [2.05, 4.69) is 26.2 Å². The van der Waals surface area contributed by atoms with Gasteiger partial charge in [-0.25, -0.2) is 10.4 Å². The van der Waals surface area contributed by atoms with Crippen molar-refractivity contribution in [3.63, 3.8) is 0 Å². The number of carbonyl (C=O) groups is 1. The summed E-state index contributed by atoms with van der Waals surface area (Å²) in [6, 6.07) is 9.44. The Morgan fingerprint density at radius 1 is 1.18 bits per heavy atom. The van der Waals surface area contributed by atoms with Crippen LogP contribution in [0.25, 0.3) is 0 Å². The quantitative estimate of drug-likeness (QED) is 0.206. The number of amides is 1. The molecule has 10 heteroatoms. The molecule has 9 nitrogen and oxygen atoms in total. The van der Waals surface area contributed by atoms with Gasteiger partial charge in [0.15, 0.2) is 0 Å². The van der Waals surface area contributed by atoms with Gasteiger partial charge in [-0.2, -0.15) is 4.99 Å². The molecule has 0 aliphatic rings. The number of hydrogen-bond acceptors (Lipinski definition) is 7. The molecule has 1 amide bonds. The van der Waals surface area contributed by atoms with Crippen LogP contribution in [0.4, 0.5) is 5.95 Å². The maximum Gasteiger partial charge on any atom is 0.251 e. The largest absolute Gasteiger partial charge is 0.351 e. The molecule has 2 rings (SSSR count). The first-order valence-electron chi connectivity index (χ1n) is 11.7. The van der Waals surface area contributed by atoms with Gasteiger partial charge in [-0.3, -0.25) is 14.4 Å². The van der Waals surface area contributed by atoms with E-state index >= 15 is 0 Å². The van der Waals surface area contributed by atoms with Crippen LogP contribution in [0.1, 0.15) is 44.5 Å². The van der Waals surface area contributed by atoms with Gasteiger partial charge in [-0.15, -0.1) is 0 Å². The third-order valence-corrected chi connectivity index (χ3v) is 5.42. The van der Waals surface area contributed by atoms with Crippen molar-refractivity contribution in [2.75, 3.05) is 40.8 Å². The molecule has 0 bridgehead atoms. The Kier molecular flexibility index (Phi) is 13.8. The minimum Gasteiger partial charge on any atom is -0.351 e. The lowest BCUT2D eigenvalue weighted by Crippen LogP contribution is -2.36. The van der Waals surface area contributed by atoms with Gasteiger partial charge in [-0.1, -0.05) is 39.5 Å². The van der Waals surface area contributed by atoms with Crippen LogP contribution in [0.5, 0.6) is 0 Å². The van der Waals surface area contributed by atoms with E-state index in [1.165, 1.54) is 11.8 Å². The number of hydrogen-bond donors (Lipinski definition) is 3. The molecular weight excluding hydrogens is 448 g/mol. The molecule has 0 saturated heterocycles. The second-order valence-corrected chi connectivity index (χ2v) is 8.38. The number of aliphatic imine (C=N–C) groups is 1. The van der Waals surface area contributed by atoms with Gasteiger partial charge in [0, 0.05) is 56.7 Å². The van der Waals surface area contributed by atoms with Crippen molar-refractivity contribution in [1.82, 2.24) is 30.6 Å². The van der Waals surface area contributed by atoms with Gasteiger partial charge in [0.2, 0.25) is 5.95 Å². The highest BCUT2D eigenvalue weighted by molar-refractivity contribution is 7.99. The maximum absolute atomic E-state index is 12.3. The van der Waals surface area contributed by atoms with Crippen LogP contribution in [-0.2, 0) is 7.05 Å². The van der Waals surface area contributed by atoms with Crippen molar-refractivity contribution in [3.8, 4) is 0 Å². The Bertz CT molecular complexity index is 983. The first-order chi connectivity index (χ1) is 16.4. The van der Waals surface area contributed by atoms with Crippen LogP contribution in [0.2, 0.25) is 0 Å². The second kappa shape index (κ2) is 16.0. The number of amidine groups is 1. The van der Waals surface area contributed by atoms with Gasteiger partial charge >= 0.3 is 0 Å². The SMILES string of the molecule is CC.CCNN/C(CC)=N/c1nc(Sc2ccc(C(=O)NCCN(C)C)cc2)cc(=NC)n1C. The predicted octanol–water partition coefficient (Wildman–Crippen LogP) is 2.97. The fourth-order valence-corrected chi connectivity index (χ4v) is 3.48. The van der Waals surface area contributed by atoms with Gasteiger partial charge in [-0.05, 0) is 38.4 Å². The summed E-state index contributed by atoms with van der Waals surface area (Å²) in [5, 5.41) is 3.71. The predicted molar refractivity (Wildman–Crippen MR) is 142 cm³/mol. The maximum atomic E-state index is 12.3. The van der Waals surface area contributed by atoms with Crippen LogP contribution in [0, 0.1) is 0 Å². The number of nitrogens with zero attached hydrogens (tertiary/aromatic N) is 5. The number of likely N-dealkylation sites (N-methyl/N-ethyl adjacent to an activating group) is 1. The topological polar surface area (TPSA) is 98.9 Å². The van der Waals surface area contributed by atoms with E-state index in [-0.39, 0.29) is 5.91 Å². The number of hydrazine groups is 1. The van der Waals surface area contributed by atoms with E-state index in [0.29, 0.717) is 18.1 Å². The normalized spacial score (nSPS) is 11.8. The minimum absolute atomic E-state index is 0.0720. The van der Waals surface area contributed by atoms with Gasteiger partial charge in [0.1, 0.15) is 16.3 Å². The zero-order valence-corrected chi connectivity index (χ0v) is 22.6. The van der Waals surface area contributed by atoms with Crippen LogP contribution in [0.15, 0.2) is 50.2 Å². The Morgan fingerprint density at radius 2 is 1.85 bits per heavy atom. The van der Waals surface area contributed by atoms with Crippen molar-refractivity contribution in [2.45, 2.75) is 44.0 Å². The van der Waals surface area contributed by atoms with Crippen LogP contribution in [-0.4, -0.2) is 67.0 Å². The van der Waals surface area contributed by atoms with Crippen LogP contribution >= 0.6 is 11.8 Å². The van der Waals surface area contributed by atoms with Crippen molar-refractivity contribution >= 4 is 29.5 Å². The summed E-state index contributed by atoms with van der Waals surface area (Å²) in [5.41, 5.74) is 7.59. The summed E-state index contributed by atoms with van der Waals surface area (Å²) in [5.74, 6) is 1.29. The monoisotopic (exact) mass is 488 g/mol. The highest BCUT2D eigenvalue weighted by atomic mass is 32.2. The third kappa shape index (κ3) is 9.66. The summed E-state index contributed by atoms with van der Waals surface area (Å²) < 4.78 is 1.86. The number of carbonyl (C=O) groups excluding carboxylic acids is 1. The molecule has 1 aromatic carbocycles. The molecule has 0 spiro atoms. The Morgan fingerprint density at radius 3 is 2.41 bits per heavy atom. The Hall–Kier alpha value is -2.69. The summed E-state index contributed by atoms with van der Waals surface area (Å²) in [6.07, 6.45) is 0.739. The van der Waals surface area contributed by atoms with Gasteiger partial charge in [0.25, 0.3) is 5.91 Å². The number of benzene rings is 1. The molecular formula is C24H40N8OS. The molecule has 0 aliphatic carbocycles. The fourth-order valence-electron chi connectivity index (χ4n) is 2.68. The molecule has 0 unspecified atom stereocenters. The van der Waals surface area contributed by atoms with Crippen LogP contribution < -0.4 is 21.7 Å². The highest BCUT2D eigenvalue weighted by Gasteiger charge is 2.09. The molecule has 2 aromatic rings. The van der Waals surface area contributed by atoms with E-state index < -0.39 is 0 Å². The molecule has 34 heavy (non-hydrogen) atoms. The third-order valence-electron chi connectivity index (χ3n) is 4.50. The average Bonchev–Trinajstić information content (AvgIpc) is 2.84. The fraction of sp³-hybridized carbons (Fsp3) is 0.500. The van der Waals surface area contributed by atoms with E-state index in [0.717, 1.165) is 40.8 Å². The van der Waals surface area contributed by atoms with Crippen LogP contribution in [0.3, 0.4) is 0 Å². The van der Waals surface area contributed by atoms with Crippen molar-refractivity contribution in [2.24, 2.45) is 17.0 Å². The molecule has 0 atom stereocenters. The van der Waals surface area contributed by atoms with Crippen molar-refractivity contribution in [1.29, 1.82) is 0 Å². The minimum atomic E-state index is -0.0720. The zero-order valence-electron chi connectivity index (χ0n) is 21.8. The molecule has 0 fully saturated rings. The second-order valence-electron chi connectivity index (χ2n) is 7.29. The summed E-state index contributed by atoms with van der Waals surface area (Å²) in [6.45, 7) is 10.2. The van der Waals surface area contributed by atoms with Crippen molar-refractivity contribution in [3.05, 3.63) is 41.4 Å². The zero-order chi connectivity index (χ0) is 25.5. The lowest BCUT2D eigenvalue weighted by atomic mass is 10.2. The Labute approximate surface area is 208 Å². The number of nitrogens with one attached hydrogen (secondary N) is 3. The molecule has 3 N–H and O–H groups in total. The van der Waals surface area contributed by atoms with Gasteiger partial charge < -0.3 is 15.6 Å². The molecule has 0 radical (unpaired) electrons. The highest BCUT2D eigenvalue weighted by Crippen LogP contribution is 2.26. The van der Waals surface area contributed by atoms with E-state index in [9.17, 15) is 4.79 Å². The lowest BCUT2D eigenvalue weighted by Gasteiger charge is -2.12.